The van der Waals surface area contributed by atoms with Crippen LogP contribution < -0.4 is 16.8 Å². The van der Waals surface area contributed by atoms with Crippen LogP contribution in [0.3, 0.4) is 0 Å². The van der Waals surface area contributed by atoms with E-state index in [-0.39, 0.29) is 6.42 Å². The Hall–Kier alpha value is -1.79. The molecule has 21 heavy (non-hydrogen) atoms. The van der Waals surface area contributed by atoms with E-state index in [1.807, 2.05) is 0 Å². The minimum absolute atomic E-state index is 0.109. The molecule has 0 saturated carbocycles. The lowest BCUT2D eigenvalue weighted by molar-refractivity contribution is -0.125. The van der Waals surface area contributed by atoms with E-state index in [2.05, 4.69) is 5.32 Å². The van der Waals surface area contributed by atoms with Crippen LogP contribution in [0, 0.1) is 5.82 Å². The molecule has 0 aliphatic rings. The van der Waals surface area contributed by atoms with E-state index in [0.29, 0.717) is 24.8 Å². The molecule has 5 nitrogen and oxygen atoms in total. The Labute approximate surface area is 123 Å². The Morgan fingerprint density at radius 1 is 1.33 bits per heavy atom. The molecular weight excluding hydrogens is 273 g/mol. The maximum Gasteiger partial charge on any atom is 0.237 e. The lowest BCUT2D eigenvalue weighted by atomic mass is 10.0. The van der Waals surface area contributed by atoms with Gasteiger partial charge in [-0.3, -0.25) is 4.79 Å². The molecule has 2 atom stereocenters. The van der Waals surface area contributed by atoms with Gasteiger partial charge in [0.1, 0.15) is 12.1 Å². The summed E-state index contributed by atoms with van der Waals surface area (Å²) >= 11 is 0. The Balaban J connectivity index is 2.52. The second kappa shape index (κ2) is 9.20. The second-order valence-corrected chi connectivity index (χ2v) is 4.94. The molecule has 0 radical (unpaired) electrons. The average molecular weight is 295 g/mol. The zero-order valence-electron chi connectivity index (χ0n) is 11.9. The Morgan fingerprint density at radius 3 is 2.67 bits per heavy atom. The van der Waals surface area contributed by atoms with E-state index in [9.17, 15) is 14.0 Å². The highest BCUT2D eigenvalue weighted by Gasteiger charge is 2.18. The van der Waals surface area contributed by atoms with E-state index >= 15 is 0 Å². The van der Waals surface area contributed by atoms with Gasteiger partial charge in [-0.15, -0.1) is 0 Å². The normalized spacial score (nSPS) is 13.5. The zero-order chi connectivity index (χ0) is 15.7. The molecule has 1 amide bonds. The quantitative estimate of drug-likeness (QED) is 0.456. The second-order valence-electron chi connectivity index (χ2n) is 4.94. The topological polar surface area (TPSA) is 98.2 Å². The van der Waals surface area contributed by atoms with Crippen molar-refractivity contribution in [1.82, 2.24) is 5.32 Å². The molecule has 1 aromatic rings. The first-order valence-corrected chi connectivity index (χ1v) is 7.03. The fraction of sp³-hybridized carbons (Fsp3) is 0.467. The van der Waals surface area contributed by atoms with Gasteiger partial charge < -0.3 is 21.6 Å². The summed E-state index contributed by atoms with van der Waals surface area (Å²) < 4.78 is 13.5. The molecule has 5 N–H and O–H groups in total. The van der Waals surface area contributed by atoms with Gasteiger partial charge in [-0.2, -0.15) is 0 Å². The van der Waals surface area contributed by atoms with Crippen molar-refractivity contribution in [3.8, 4) is 0 Å². The number of halogens is 1. The van der Waals surface area contributed by atoms with Gasteiger partial charge in [-0.05, 0) is 31.0 Å². The van der Waals surface area contributed by atoms with Crippen molar-refractivity contribution in [2.24, 2.45) is 11.5 Å². The molecule has 0 saturated heterocycles. The lowest BCUT2D eigenvalue weighted by Crippen LogP contribution is -2.46. The molecule has 0 aliphatic heterocycles. The SMILES string of the molecule is NCCCC[C@H](N)C(=O)N[C@H](C=O)Cc1ccccc1F. The Bertz CT molecular complexity index is 468. The van der Waals surface area contributed by atoms with Crippen LogP contribution >= 0.6 is 0 Å². The molecule has 0 fully saturated rings. The summed E-state index contributed by atoms with van der Waals surface area (Å²) in [5.74, 6) is -0.800. The van der Waals surface area contributed by atoms with Gasteiger partial charge in [0.2, 0.25) is 5.91 Å². The van der Waals surface area contributed by atoms with E-state index in [4.69, 9.17) is 11.5 Å². The number of hydrogen-bond acceptors (Lipinski definition) is 4. The summed E-state index contributed by atoms with van der Waals surface area (Å²) in [7, 11) is 0. The van der Waals surface area contributed by atoms with Crippen molar-refractivity contribution in [2.45, 2.75) is 37.8 Å². The first-order valence-electron chi connectivity index (χ1n) is 7.03. The molecule has 1 rings (SSSR count). The number of rotatable bonds is 9. The van der Waals surface area contributed by atoms with Gasteiger partial charge in [-0.1, -0.05) is 24.6 Å². The van der Waals surface area contributed by atoms with Crippen molar-refractivity contribution >= 4 is 12.2 Å². The summed E-state index contributed by atoms with van der Waals surface area (Å²) in [4.78, 5) is 22.9. The fourth-order valence-electron chi connectivity index (χ4n) is 1.96. The van der Waals surface area contributed by atoms with E-state index < -0.39 is 23.8 Å². The van der Waals surface area contributed by atoms with Gasteiger partial charge in [0.25, 0.3) is 0 Å². The van der Waals surface area contributed by atoms with Gasteiger partial charge in [0, 0.05) is 6.42 Å². The number of carbonyl (C=O) groups is 2. The number of aldehydes is 1. The van der Waals surface area contributed by atoms with Crippen LogP contribution in [0.1, 0.15) is 24.8 Å². The number of unbranched alkanes of at least 4 members (excludes halogenated alkanes) is 1. The lowest BCUT2D eigenvalue weighted by Gasteiger charge is -2.17. The summed E-state index contributed by atoms with van der Waals surface area (Å²) in [6.07, 6.45) is 2.76. The maximum absolute atomic E-state index is 13.5. The fourth-order valence-corrected chi connectivity index (χ4v) is 1.96. The number of benzene rings is 1. The number of hydrogen-bond donors (Lipinski definition) is 3. The molecule has 0 heterocycles. The highest BCUT2D eigenvalue weighted by atomic mass is 19.1. The van der Waals surface area contributed by atoms with E-state index in [1.54, 1.807) is 18.2 Å². The summed E-state index contributed by atoms with van der Waals surface area (Å²) in [6.45, 7) is 0.554. The summed E-state index contributed by atoms with van der Waals surface area (Å²) in [5.41, 5.74) is 11.5. The minimum atomic E-state index is -0.782. The zero-order valence-corrected chi connectivity index (χ0v) is 11.9. The highest BCUT2D eigenvalue weighted by molar-refractivity contribution is 5.84. The molecule has 0 aromatic heterocycles. The van der Waals surface area contributed by atoms with Crippen molar-refractivity contribution in [3.05, 3.63) is 35.6 Å². The van der Waals surface area contributed by atoms with Crippen LogP contribution in [0.25, 0.3) is 0 Å². The van der Waals surface area contributed by atoms with Crippen LogP contribution in [0.4, 0.5) is 4.39 Å². The molecule has 0 bridgehead atoms. The third-order valence-corrected chi connectivity index (χ3v) is 3.20. The number of nitrogens with two attached hydrogens (primary N) is 2. The number of amides is 1. The van der Waals surface area contributed by atoms with Gasteiger partial charge in [-0.25, -0.2) is 4.39 Å². The van der Waals surface area contributed by atoms with E-state index in [0.717, 1.165) is 12.8 Å². The average Bonchev–Trinajstić information content (AvgIpc) is 2.48. The van der Waals surface area contributed by atoms with Crippen LogP contribution in [0.5, 0.6) is 0 Å². The highest BCUT2D eigenvalue weighted by Crippen LogP contribution is 2.09. The van der Waals surface area contributed by atoms with Gasteiger partial charge >= 0.3 is 0 Å². The van der Waals surface area contributed by atoms with Crippen LogP contribution in [-0.4, -0.2) is 30.8 Å². The van der Waals surface area contributed by atoms with Crippen LogP contribution in [0.15, 0.2) is 24.3 Å². The summed E-state index contributed by atoms with van der Waals surface area (Å²) in [6, 6.07) is 4.69. The standard InChI is InChI=1S/C15H22FN3O2/c16-13-6-2-1-5-11(13)9-12(10-20)19-15(21)14(18)7-3-4-8-17/h1-2,5-6,10,12,14H,3-4,7-9,17-18H2,(H,19,21)/t12-,14-/m0/s1. The molecule has 1 aromatic carbocycles. The van der Waals surface area contributed by atoms with Crippen LogP contribution in [-0.2, 0) is 16.0 Å². The summed E-state index contributed by atoms with van der Waals surface area (Å²) in [5, 5.41) is 2.54. The molecule has 0 spiro atoms. The van der Waals surface area contributed by atoms with Crippen molar-refractivity contribution in [2.75, 3.05) is 6.54 Å². The van der Waals surface area contributed by atoms with Gasteiger partial charge in [0.05, 0.1) is 12.1 Å². The first kappa shape index (κ1) is 17.3. The smallest absolute Gasteiger partial charge is 0.237 e. The maximum atomic E-state index is 13.5. The predicted octanol–water partition coefficient (Wildman–Crippen LogP) is 0.508. The molecule has 0 aliphatic carbocycles. The molecule has 6 heteroatoms. The predicted molar refractivity (Wildman–Crippen MR) is 79.0 cm³/mol. The minimum Gasteiger partial charge on any atom is -0.345 e. The molecular formula is C15H22FN3O2. The Kier molecular flexibility index (Phi) is 7.56. The monoisotopic (exact) mass is 295 g/mol. The van der Waals surface area contributed by atoms with Crippen molar-refractivity contribution in [1.29, 1.82) is 0 Å². The van der Waals surface area contributed by atoms with Crippen LogP contribution in [0.2, 0.25) is 0 Å². The molecule has 116 valence electrons. The number of nitrogens with one attached hydrogen (secondary N) is 1. The Morgan fingerprint density at radius 2 is 2.05 bits per heavy atom. The number of carbonyl (C=O) groups excluding carboxylic acids is 2. The first-order chi connectivity index (χ1) is 10.1. The molecule has 0 unspecified atom stereocenters. The van der Waals surface area contributed by atoms with Crippen molar-refractivity contribution < 1.29 is 14.0 Å². The third kappa shape index (κ3) is 6.01. The van der Waals surface area contributed by atoms with Crippen molar-refractivity contribution in [3.63, 3.8) is 0 Å². The third-order valence-electron chi connectivity index (χ3n) is 3.20. The van der Waals surface area contributed by atoms with E-state index in [1.165, 1.54) is 6.07 Å². The van der Waals surface area contributed by atoms with Gasteiger partial charge in [0.15, 0.2) is 0 Å². The largest absolute Gasteiger partial charge is 0.345 e.